The van der Waals surface area contributed by atoms with Crippen LogP contribution >= 0.6 is 11.3 Å². The molecule has 0 saturated heterocycles. The highest BCUT2D eigenvalue weighted by Gasteiger charge is 2.12. The minimum atomic E-state index is -0.296. The van der Waals surface area contributed by atoms with Crippen molar-refractivity contribution in [2.75, 3.05) is 6.61 Å². The number of hydrogen-bond acceptors (Lipinski definition) is 4. The van der Waals surface area contributed by atoms with Crippen LogP contribution in [-0.4, -0.2) is 28.8 Å². The summed E-state index contributed by atoms with van der Waals surface area (Å²) in [6.07, 6.45) is 2.36. The molecule has 1 atom stereocenters. The maximum Gasteiger partial charge on any atom is 0.315 e. The Balaban J connectivity index is 1.79. The first-order valence-electron chi connectivity index (χ1n) is 6.78. The maximum absolute atomic E-state index is 11.8. The smallest absolute Gasteiger partial charge is 0.315 e. The molecule has 6 heteroatoms. The topological polar surface area (TPSA) is 74.2 Å². The number of hydrogen-bond donors (Lipinski definition) is 3. The Labute approximate surface area is 128 Å². The highest BCUT2D eigenvalue weighted by Crippen LogP contribution is 2.10. The van der Waals surface area contributed by atoms with Gasteiger partial charge in [-0.3, -0.25) is 0 Å². The number of aliphatic hydroxyl groups is 1. The van der Waals surface area contributed by atoms with E-state index in [-0.39, 0.29) is 18.7 Å². The summed E-state index contributed by atoms with van der Waals surface area (Å²) in [5.74, 6) is 0. The molecule has 3 N–H and O–H groups in total. The number of urea groups is 1. The fraction of sp³-hybridized carbons (Fsp3) is 0.333. The lowest BCUT2D eigenvalue weighted by Crippen LogP contribution is -2.44. The van der Waals surface area contributed by atoms with Crippen LogP contribution in [0.3, 0.4) is 0 Å². The number of nitrogens with one attached hydrogen (secondary N) is 2. The Bertz CT molecular complexity index is 571. The molecular weight excluding hydrogens is 286 g/mol. The second-order valence-electron chi connectivity index (χ2n) is 4.74. The second-order valence-corrected chi connectivity index (χ2v) is 6.06. The first kappa shape index (κ1) is 15.5. The molecule has 2 amide bonds. The summed E-state index contributed by atoms with van der Waals surface area (Å²) in [5.41, 5.74) is 1.08. The van der Waals surface area contributed by atoms with Crippen LogP contribution in [0.5, 0.6) is 0 Å². The first-order chi connectivity index (χ1) is 10.2. The Morgan fingerprint density at radius 3 is 2.76 bits per heavy atom. The summed E-state index contributed by atoms with van der Waals surface area (Å²) in [4.78, 5) is 17.0. The summed E-state index contributed by atoms with van der Waals surface area (Å²) in [7, 11) is 0. The van der Waals surface area contributed by atoms with E-state index >= 15 is 0 Å². The van der Waals surface area contributed by atoms with Crippen molar-refractivity contribution in [3.05, 3.63) is 52.0 Å². The average molecular weight is 305 g/mol. The highest BCUT2D eigenvalue weighted by atomic mass is 32.1. The van der Waals surface area contributed by atoms with E-state index < -0.39 is 0 Å². The molecule has 0 unspecified atom stereocenters. The van der Waals surface area contributed by atoms with Gasteiger partial charge in [-0.1, -0.05) is 30.3 Å². The van der Waals surface area contributed by atoms with Crippen molar-refractivity contribution in [3.63, 3.8) is 0 Å². The van der Waals surface area contributed by atoms with E-state index in [1.54, 1.807) is 17.5 Å². The van der Waals surface area contributed by atoms with Crippen molar-refractivity contribution in [1.29, 1.82) is 0 Å². The molecule has 21 heavy (non-hydrogen) atoms. The van der Waals surface area contributed by atoms with Gasteiger partial charge in [-0.05, 0) is 18.9 Å². The molecule has 0 radical (unpaired) electrons. The third-order valence-electron chi connectivity index (χ3n) is 2.97. The molecule has 1 heterocycles. The van der Waals surface area contributed by atoms with Gasteiger partial charge in [0.2, 0.25) is 0 Å². The monoisotopic (exact) mass is 305 g/mol. The quantitative estimate of drug-likeness (QED) is 0.762. The van der Waals surface area contributed by atoms with Crippen molar-refractivity contribution in [2.24, 2.45) is 0 Å². The van der Waals surface area contributed by atoms with Crippen LogP contribution in [0.15, 0.2) is 36.5 Å². The Kier molecular flexibility index (Phi) is 5.71. The number of carbonyl (C=O) groups is 1. The van der Waals surface area contributed by atoms with E-state index in [4.69, 9.17) is 0 Å². The molecule has 112 valence electrons. The lowest BCUT2D eigenvalue weighted by atomic mass is 10.1. The first-order valence-corrected chi connectivity index (χ1v) is 7.59. The SMILES string of the molecule is Cc1ncc(CNC(=O)N[C@H](CO)Cc2ccccc2)s1. The molecular formula is C15H19N3O2S. The van der Waals surface area contributed by atoms with E-state index in [9.17, 15) is 9.90 Å². The summed E-state index contributed by atoms with van der Waals surface area (Å²) < 4.78 is 0. The van der Waals surface area contributed by atoms with Crippen LogP contribution in [0.4, 0.5) is 4.79 Å². The predicted octanol–water partition coefficient (Wildman–Crippen LogP) is 1.85. The van der Waals surface area contributed by atoms with Crippen molar-refractivity contribution in [2.45, 2.75) is 25.9 Å². The average Bonchev–Trinajstić information content (AvgIpc) is 2.91. The summed E-state index contributed by atoms with van der Waals surface area (Å²) in [6.45, 7) is 2.28. The van der Waals surface area contributed by atoms with Gasteiger partial charge in [-0.25, -0.2) is 9.78 Å². The van der Waals surface area contributed by atoms with Crippen LogP contribution in [-0.2, 0) is 13.0 Å². The van der Waals surface area contributed by atoms with Crippen molar-refractivity contribution < 1.29 is 9.90 Å². The molecule has 2 rings (SSSR count). The fourth-order valence-corrected chi connectivity index (χ4v) is 2.69. The Morgan fingerprint density at radius 2 is 2.14 bits per heavy atom. The van der Waals surface area contributed by atoms with Crippen LogP contribution in [0.1, 0.15) is 15.4 Å². The zero-order chi connectivity index (χ0) is 15.1. The molecule has 0 aliphatic heterocycles. The van der Waals surface area contributed by atoms with Gasteiger partial charge in [-0.15, -0.1) is 11.3 Å². The fourth-order valence-electron chi connectivity index (χ4n) is 1.95. The molecule has 5 nitrogen and oxygen atoms in total. The third-order valence-corrected chi connectivity index (χ3v) is 3.89. The predicted molar refractivity (Wildman–Crippen MR) is 83.2 cm³/mol. The molecule has 1 aromatic heterocycles. The number of nitrogens with zero attached hydrogens (tertiary/aromatic N) is 1. The van der Waals surface area contributed by atoms with Crippen LogP contribution in [0.25, 0.3) is 0 Å². The molecule has 0 aliphatic rings. The minimum absolute atomic E-state index is 0.0953. The highest BCUT2D eigenvalue weighted by molar-refractivity contribution is 7.11. The number of amides is 2. The van der Waals surface area contributed by atoms with Gasteiger partial charge in [0.25, 0.3) is 0 Å². The van der Waals surface area contributed by atoms with E-state index in [0.717, 1.165) is 15.4 Å². The summed E-state index contributed by atoms with van der Waals surface area (Å²) >= 11 is 1.55. The van der Waals surface area contributed by atoms with Crippen LogP contribution in [0, 0.1) is 6.92 Å². The summed E-state index contributed by atoms with van der Waals surface area (Å²) in [5, 5.41) is 15.9. The Hall–Kier alpha value is -1.92. The molecule has 0 saturated carbocycles. The van der Waals surface area contributed by atoms with Gasteiger partial charge in [-0.2, -0.15) is 0 Å². The molecule has 0 aliphatic carbocycles. The van der Waals surface area contributed by atoms with Crippen LogP contribution < -0.4 is 10.6 Å². The van der Waals surface area contributed by atoms with Crippen molar-refractivity contribution >= 4 is 17.4 Å². The van der Waals surface area contributed by atoms with Crippen molar-refractivity contribution in [3.8, 4) is 0 Å². The van der Waals surface area contributed by atoms with E-state index in [1.807, 2.05) is 37.3 Å². The van der Waals surface area contributed by atoms with Crippen LogP contribution in [0.2, 0.25) is 0 Å². The molecule has 0 fully saturated rings. The lowest BCUT2D eigenvalue weighted by molar-refractivity contribution is 0.215. The third kappa shape index (κ3) is 5.17. The molecule has 0 spiro atoms. The van der Waals surface area contributed by atoms with Gasteiger partial charge in [0.05, 0.1) is 24.2 Å². The number of benzene rings is 1. The number of aromatic nitrogens is 1. The summed E-state index contributed by atoms with van der Waals surface area (Å²) in [6, 6.07) is 9.19. The maximum atomic E-state index is 11.8. The van der Waals surface area contributed by atoms with Gasteiger partial charge in [0.15, 0.2) is 0 Å². The lowest BCUT2D eigenvalue weighted by Gasteiger charge is -2.16. The number of aliphatic hydroxyl groups excluding tert-OH is 1. The number of carbonyl (C=O) groups excluding carboxylic acids is 1. The number of thiazole rings is 1. The number of aryl methyl sites for hydroxylation is 1. The van der Waals surface area contributed by atoms with E-state index in [2.05, 4.69) is 15.6 Å². The zero-order valence-corrected chi connectivity index (χ0v) is 12.7. The minimum Gasteiger partial charge on any atom is -0.394 e. The van der Waals surface area contributed by atoms with E-state index in [0.29, 0.717) is 13.0 Å². The standard InChI is InChI=1S/C15H19N3O2S/c1-11-16-8-14(21-11)9-17-15(20)18-13(10-19)7-12-5-3-2-4-6-12/h2-6,8,13,19H,7,9-10H2,1H3,(H2,17,18,20)/t13-/m0/s1. The molecule has 0 bridgehead atoms. The molecule has 1 aromatic carbocycles. The second kappa shape index (κ2) is 7.75. The van der Waals surface area contributed by atoms with Gasteiger partial charge < -0.3 is 15.7 Å². The zero-order valence-electron chi connectivity index (χ0n) is 11.9. The normalized spacial score (nSPS) is 11.9. The van der Waals surface area contributed by atoms with Crippen molar-refractivity contribution in [1.82, 2.24) is 15.6 Å². The number of rotatable bonds is 6. The van der Waals surface area contributed by atoms with E-state index in [1.165, 1.54) is 0 Å². The van der Waals surface area contributed by atoms with Gasteiger partial charge >= 0.3 is 6.03 Å². The largest absolute Gasteiger partial charge is 0.394 e. The Morgan fingerprint density at radius 1 is 1.38 bits per heavy atom. The van der Waals surface area contributed by atoms with Gasteiger partial charge in [0, 0.05) is 11.1 Å². The molecule has 2 aromatic rings. The van der Waals surface area contributed by atoms with Gasteiger partial charge in [0.1, 0.15) is 0 Å².